The molecule has 0 atom stereocenters. The van der Waals surface area contributed by atoms with Crippen LogP contribution in [0.4, 0.5) is 0 Å². The molecule has 0 bridgehead atoms. The summed E-state index contributed by atoms with van der Waals surface area (Å²) in [5, 5.41) is 12.2. The van der Waals surface area contributed by atoms with Crippen LogP contribution in [0.2, 0.25) is 0 Å². The minimum absolute atomic E-state index is 0.0614. The Bertz CT molecular complexity index is 555. The first-order valence-electron chi connectivity index (χ1n) is 5.79. The highest BCUT2D eigenvalue weighted by atomic mass is 32.2. The van der Waals surface area contributed by atoms with Gasteiger partial charge in [0.2, 0.25) is 15.9 Å². The van der Waals surface area contributed by atoms with Gasteiger partial charge in [0, 0.05) is 13.1 Å². The molecular weight excluding hydrogens is 268 g/mol. The molecule has 1 amide bonds. The summed E-state index contributed by atoms with van der Waals surface area (Å²) in [7, 11) is -2.58. The van der Waals surface area contributed by atoms with E-state index in [0.29, 0.717) is 0 Å². The van der Waals surface area contributed by atoms with Crippen LogP contribution in [-0.2, 0) is 14.8 Å². The number of phenols is 1. The zero-order valence-corrected chi connectivity index (χ0v) is 11.9. The highest BCUT2D eigenvalue weighted by Crippen LogP contribution is 2.24. The number of carbonyl (C=O) groups is 1. The molecule has 0 radical (unpaired) electrons. The lowest BCUT2D eigenvalue weighted by Gasteiger charge is -2.18. The van der Waals surface area contributed by atoms with E-state index < -0.39 is 15.9 Å². The maximum absolute atomic E-state index is 12.2. The Hall–Kier alpha value is -1.60. The first-order chi connectivity index (χ1) is 8.75. The quantitative estimate of drug-likeness (QED) is 0.827. The number of benzene rings is 1. The molecule has 0 saturated heterocycles. The summed E-state index contributed by atoms with van der Waals surface area (Å²) in [5.74, 6) is -0.727. The van der Waals surface area contributed by atoms with E-state index in [0.717, 1.165) is 4.31 Å². The fourth-order valence-corrected chi connectivity index (χ4v) is 2.70. The molecule has 7 heteroatoms. The lowest BCUT2D eigenvalue weighted by molar-refractivity contribution is -0.121. The number of rotatable bonds is 5. The average molecular weight is 286 g/mol. The Morgan fingerprint density at radius 1 is 1.37 bits per heavy atom. The highest BCUT2D eigenvalue weighted by molar-refractivity contribution is 7.89. The zero-order chi connectivity index (χ0) is 14.6. The van der Waals surface area contributed by atoms with Crippen molar-refractivity contribution in [3.05, 3.63) is 24.3 Å². The molecule has 1 rings (SSSR count). The smallest absolute Gasteiger partial charge is 0.246 e. The van der Waals surface area contributed by atoms with Crippen LogP contribution >= 0.6 is 0 Å². The third kappa shape index (κ3) is 3.93. The van der Waals surface area contributed by atoms with Gasteiger partial charge in [0.05, 0.1) is 6.54 Å². The first kappa shape index (κ1) is 15.5. The van der Waals surface area contributed by atoms with E-state index in [9.17, 15) is 18.3 Å². The van der Waals surface area contributed by atoms with Crippen LogP contribution in [0.3, 0.4) is 0 Å². The number of nitrogens with zero attached hydrogens (tertiary/aromatic N) is 1. The van der Waals surface area contributed by atoms with Crippen LogP contribution in [0.5, 0.6) is 5.75 Å². The number of carbonyl (C=O) groups excluding carboxylic acids is 1. The van der Waals surface area contributed by atoms with Gasteiger partial charge in [0.25, 0.3) is 0 Å². The summed E-state index contributed by atoms with van der Waals surface area (Å²) in [6.45, 7) is 3.28. The van der Waals surface area contributed by atoms with Crippen molar-refractivity contribution in [2.75, 3.05) is 13.6 Å². The third-order valence-electron chi connectivity index (χ3n) is 2.37. The lowest BCUT2D eigenvalue weighted by atomic mass is 10.3. The summed E-state index contributed by atoms with van der Waals surface area (Å²) in [6.07, 6.45) is 0. The van der Waals surface area contributed by atoms with Gasteiger partial charge in [-0.1, -0.05) is 12.1 Å². The minimum Gasteiger partial charge on any atom is -0.507 e. The summed E-state index contributed by atoms with van der Waals surface area (Å²) >= 11 is 0. The number of aromatic hydroxyl groups is 1. The number of para-hydroxylation sites is 1. The fraction of sp³-hybridized carbons (Fsp3) is 0.417. The van der Waals surface area contributed by atoms with Crippen molar-refractivity contribution < 1.29 is 18.3 Å². The molecule has 0 aliphatic rings. The molecule has 0 aliphatic carbocycles. The van der Waals surface area contributed by atoms with E-state index >= 15 is 0 Å². The number of nitrogens with one attached hydrogen (secondary N) is 1. The normalized spacial score (nSPS) is 11.8. The SMILES string of the molecule is CC(C)NC(=O)CN(C)S(=O)(=O)c1ccccc1O. The Morgan fingerprint density at radius 2 is 1.95 bits per heavy atom. The Balaban J connectivity index is 2.90. The van der Waals surface area contributed by atoms with Crippen LogP contribution in [-0.4, -0.2) is 43.4 Å². The largest absolute Gasteiger partial charge is 0.507 e. The Morgan fingerprint density at radius 3 is 2.47 bits per heavy atom. The molecule has 0 unspecified atom stereocenters. The van der Waals surface area contributed by atoms with Crippen molar-refractivity contribution in [1.29, 1.82) is 0 Å². The number of likely N-dealkylation sites (N-methyl/N-ethyl adjacent to an activating group) is 1. The number of hydrogen-bond donors (Lipinski definition) is 2. The molecular formula is C12H18N2O4S. The van der Waals surface area contributed by atoms with Crippen molar-refractivity contribution in [3.8, 4) is 5.75 Å². The van der Waals surface area contributed by atoms with Gasteiger partial charge in [-0.2, -0.15) is 4.31 Å². The molecule has 1 aromatic carbocycles. The van der Waals surface area contributed by atoms with Gasteiger partial charge < -0.3 is 10.4 Å². The van der Waals surface area contributed by atoms with E-state index in [1.54, 1.807) is 13.8 Å². The minimum atomic E-state index is -3.88. The molecule has 1 aromatic rings. The summed E-state index contributed by atoms with van der Waals surface area (Å²) in [5.41, 5.74) is 0. The summed E-state index contributed by atoms with van der Waals surface area (Å²) in [6, 6.07) is 5.55. The highest BCUT2D eigenvalue weighted by Gasteiger charge is 2.25. The third-order valence-corrected chi connectivity index (χ3v) is 4.22. The standard InChI is InChI=1S/C12H18N2O4S/c1-9(2)13-12(16)8-14(3)19(17,18)11-7-5-4-6-10(11)15/h4-7,9,15H,8H2,1-3H3,(H,13,16). The molecule has 0 saturated carbocycles. The van der Waals surface area contributed by atoms with E-state index in [1.807, 2.05) is 0 Å². The molecule has 0 aromatic heterocycles. The second-order valence-corrected chi connectivity index (χ2v) is 6.46. The van der Waals surface area contributed by atoms with Gasteiger partial charge >= 0.3 is 0 Å². The second-order valence-electron chi connectivity index (χ2n) is 4.45. The van der Waals surface area contributed by atoms with Gasteiger partial charge in [0.15, 0.2) is 0 Å². The maximum Gasteiger partial charge on any atom is 0.246 e. The average Bonchev–Trinajstić information content (AvgIpc) is 2.27. The van der Waals surface area contributed by atoms with E-state index in [-0.39, 0.29) is 23.2 Å². The van der Waals surface area contributed by atoms with Crippen molar-refractivity contribution in [2.24, 2.45) is 0 Å². The fourth-order valence-electron chi connectivity index (χ4n) is 1.50. The van der Waals surface area contributed by atoms with E-state index in [4.69, 9.17) is 0 Å². The van der Waals surface area contributed by atoms with Crippen LogP contribution in [0.1, 0.15) is 13.8 Å². The monoisotopic (exact) mass is 286 g/mol. The predicted octanol–water partition coefficient (Wildman–Crippen LogP) is 0.537. The molecule has 0 spiro atoms. The molecule has 0 heterocycles. The van der Waals surface area contributed by atoms with Crippen LogP contribution in [0.25, 0.3) is 0 Å². The number of phenolic OH excluding ortho intramolecular Hbond substituents is 1. The van der Waals surface area contributed by atoms with Crippen LogP contribution < -0.4 is 5.32 Å². The van der Waals surface area contributed by atoms with Crippen molar-refractivity contribution in [1.82, 2.24) is 9.62 Å². The Labute approximate surface area is 113 Å². The molecule has 19 heavy (non-hydrogen) atoms. The van der Waals surface area contributed by atoms with E-state index in [1.165, 1.54) is 31.3 Å². The predicted molar refractivity (Wildman–Crippen MR) is 71.2 cm³/mol. The first-order valence-corrected chi connectivity index (χ1v) is 7.23. The van der Waals surface area contributed by atoms with Crippen molar-refractivity contribution in [3.63, 3.8) is 0 Å². The second kappa shape index (κ2) is 6.03. The number of hydrogen-bond acceptors (Lipinski definition) is 4. The van der Waals surface area contributed by atoms with Crippen LogP contribution in [0, 0.1) is 0 Å². The maximum atomic E-state index is 12.2. The number of sulfonamides is 1. The van der Waals surface area contributed by atoms with Crippen molar-refractivity contribution >= 4 is 15.9 Å². The van der Waals surface area contributed by atoms with E-state index in [2.05, 4.69) is 5.32 Å². The Kier molecular flexibility index (Phi) is 4.90. The van der Waals surface area contributed by atoms with Gasteiger partial charge in [-0.25, -0.2) is 8.42 Å². The van der Waals surface area contributed by atoms with Gasteiger partial charge in [0.1, 0.15) is 10.6 Å². The van der Waals surface area contributed by atoms with Crippen LogP contribution in [0.15, 0.2) is 29.2 Å². The number of amides is 1. The van der Waals surface area contributed by atoms with Gasteiger partial charge in [-0.15, -0.1) is 0 Å². The molecule has 0 aliphatic heterocycles. The molecule has 6 nitrogen and oxygen atoms in total. The zero-order valence-electron chi connectivity index (χ0n) is 11.1. The van der Waals surface area contributed by atoms with Gasteiger partial charge in [-0.05, 0) is 26.0 Å². The molecule has 0 fully saturated rings. The lowest BCUT2D eigenvalue weighted by Crippen LogP contribution is -2.40. The topological polar surface area (TPSA) is 86.7 Å². The summed E-state index contributed by atoms with van der Waals surface area (Å²) < 4.78 is 25.2. The van der Waals surface area contributed by atoms with Crippen molar-refractivity contribution in [2.45, 2.75) is 24.8 Å². The van der Waals surface area contributed by atoms with Gasteiger partial charge in [-0.3, -0.25) is 4.79 Å². The molecule has 106 valence electrons. The molecule has 2 N–H and O–H groups in total. The summed E-state index contributed by atoms with van der Waals surface area (Å²) in [4.78, 5) is 11.3.